The molecule has 0 aromatic heterocycles. The Bertz CT molecular complexity index is 298. The largest absolute Gasteiger partial charge is 0.480 e. The molecule has 2 atom stereocenters. The van der Waals surface area contributed by atoms with Crippen molar-refractivity contribution in [3.63, 3.8) is 0 Å². The van der Waals surface area contributed by atoms with Crippen molar-refractivity contribution in [3.05, 3.63) is 0 Å². The van der Waals surface area contributed by atoms with Crippen LogP contribution in [0.2, 0.25) is 0 Å². The first-order chi connectivity index (χ1) is 7.29. The van der Waals surface area contributed by atoms with Crippen LogP contribution >= 0.6 is 11.8 Å². The first-order valence-corrected chi connectivity index (χ1v) is 6.51. The lowest BCUT2D eigenvalue weighted by atomic mass is 9.94. The molecule has 0 bridgehead atoms. The number of amides is 1. The maximum atomic E-state index is 12.2. The first kappa shape index (κ1) is 13.4. The predicted molar refractivity (Wildman–Crippen MR) is 64.3 cm³/mol. The molecule has 4 nitrogen and oxygen atoms in total. The fraction of sp³-hybridized carbons (Fsp3) is 0.818. The summed E-state index contributed by atoms with van der Waals surface area (Å²) in [6.45, 7) is 7.45. The number of carboxylic acids is 1. The van der Waals surface area contributed by atoms with Crippen molar-refractivity contribution < 1.29 is 14.7 Å². The Kier molecular flexibility index (Phi) is 3.88. The van der Waals surface area contributed by atoms with Crippen molar-refractivity contribution in [1.29, 1.82) is 0 Å². The van der Waals surface area contributed by atoms with Gasteiger partial charge in [-0.05, 0) is 6.42 Å². The minimum atomic E-state index is -0.902. The highest BCUT2D eigenvalue weighted by Crippen LogP contribution is 2.34. The van der Waals surface area contributed by atoms with Gasteiger partial charge in [-0.3, -0.25) is 4.79 Å². The predicted octanol–water partition coefficient (Wildman–Crippen LogP) is 1.80. The monoisotopic (exact) mass is 245 g/mol. The zero-order valence-electron chi connectivity index (χ0n) is 10.2. The number of hydrogen-bond donors (Lipinski definition) is 1. The number of carbonyl (C=O) groups is 2. The van der Waals surface area contributed by atoms with Gasteiger partial charge >= 0.3 is 5.97 Å². The SMILES string of the molecule is CCC1SCC(C(=O)O)N1C(=O)C(C)(C)C. The van der Waals surface area contributed by atoms with E-state index in [4.69, 9.17) is 5.11 Å². The second-order valence-electron chi connectivity index (χ2n) is 5.01. The second-order valence-corrected chi connectivity index (χ2v) is 6.22. The number of aliphatic carboxylic acids is 1. The summed E-state index contributed by atoms with van der Waals surface area (Å²) in [4.78, 5) is 24.8. The van der Waals surface area contributed by atoms with E-state index in [0.29, 0.717) is 5.75 Å². The van der Waals surface area contributed by atoms with Crippen molar-refractivity contribution in [2.45, 2.75) is 45.5 Å². The molecule has 0 aromatic carbocycles. The van der Waals surface area contributed by atoms with Crippen LogP contribution in [0.1, 0.15) is 34.1 Å². The van der Waals surface area contributed by atoms with Crippen molar-refractivity contribution in [3.8, 4) is 0 Å². The van der Waals surface area contributed by atoms with Gasteiger partial charge in [0.2, 0.25) is 5.91 Å². The maximum Gasteiger partial charge on any atom is 0.327 e. The van der Waals surface area contributed by atoms with Gasteiger partial charge in [0.05, 0.1) is 5.37 Å². The summed E-state index contributed by atoms with van der Waals surface area (Å²) in [5, 5.41) is 9.11. The number of carboxylic acid groups (broad SMARTS) is 1. The van der Waals surface area contributed by atoms with Gasteiger partial charge in [0.1, 0.15) is 6.04 Å². The van der Waals surface area contributed by atoms with Crippen LogP contribution in [0.3, 0.4) is 0 Å². The molecule has 5 heteroatoms. The zero-order valence-corrected chi connectivity index (χ0v) is 11.0. The van der Waals surface area contributed by atoms with Gasteiger partial charge in [-0.25, -0.2) is 4.79 Å². The summed E-state index contributed by atoms with van der Waals surface area (Å²) in [7, 11) is 0. The molecule has 0 spiro atoms. The molecule has 1 saturated heterocycles. The average molecular weight is 245 g/mol. The molecule has 0 aromatic rings. The second kappa shape index (κ2) is 4.65. The highest BCUT2D eigenvalue weighted by Gasteiger charge is 2.43. The zero-order chi connectivity index (χ0) is 12.5. The van der Waals surface area contributed by atoms with Gasteiger partial charge in [0.15, 0.2) is 0 Å². The fourth-order valence-electron chi connectivity index (χ4n) is 1.73. The summed E-state index contributed by atoms with van der Waals surface area (Å²) < 4.78 is 0. The minimum absolute atomic E-state index is 0.00725. The first-order valence-electron chi connectivity index (χ1n) is 5.46. The number of nitrogens with zero attached hydrogens (tertiary/aromatic N) is 1. The Morgan fingerprint density at radius 1 is 1.44 bits per heavy atom. The highest BCUT2D eigenvalue weighted by atomic mass is 32.2. The highest BCUT2D eigenvalue weighted by molar-refractivity contribution is 8.00. The van der Waals surface area contributed by atoms with Gasteiger partial charge in [-0.1, -0.05) is 27.7 Å². The Hall–Kier alpha value is -0.710. The molecule has 1 rings (SSSR count). The number of thioether (sulfide) groups is 1. The normalized spacial score (nSPS) is 25.9. The molecule has 1 aliphatic heterocycles. The van der Waals surface area contributed by atoms with Crippen LogP contribution in [0, 0.1) is 5.41 Å². The summed E-state index contributed by atoms with van der Waals surface area (Å²) in [5.74, 6) is -0.479. The van der Waals surface area contributed by atoms with Crippen LogP contribution in [0.15, 0.2) is 0 Å². The third-order valence-corrected chi connectivity index (χ3v) is 4.06. The molecule has 0 saturated carbocycles. The third kappa shape index (κ3) is 2.51. The molecule has 0 radical (unpaired) electrons. The van der Waals surface area contributed by atoms with E-state index < -0.39 is 17.4 Å². The number of carbonyl (C=O) groups excluding carboxylic acids is 1. The molecule has 16 heavy (non-hydrogen) atoms. The molecular weight excluding hydrogens is 226 g/mol. The molecule has 2 unspecified atom stereocenters. The molecule has 92 valence electrons. The molecular formula is C11H19NO3S. The van der Waals surface area contributed by atoms with Gasteiger partial charge in [0, 0.05) is 11.2 Å². The van der Waals surface area contributed by atoms with E-state index in [-0.39, 0.29) is 11.3 Å². The van der Waals surface area contributed by atoms with E-state index in [2.05, 4.69) is 0 Å². The Morgan fingerprint density at radius 3 is 2.38 bits per heavy atom. The number of rotatable bonds is 2. The van der Waals surface area contributed by atoms with Crippen LogP contribution < -0.4 is 0 Å². The molecule has 1 N–H and O–H groups in total. The van der Waals surface area contributed by atoms with Crippen LogP contribution in [0.5, 0.6) is 0 Å². The lowest BCUT2D eigenvalue weighted by Gasteiger charge is -2.32. The fourth-order valence-corrected chi connectivity index (χ4v) is 3.07. The summed E-state index contributed by atoms with van der Waals surface area (Å²) in [6.07, 6.45) is 0.788. The third-order valence-electron chi connectivity index (χ3n) is 2.60. The average Bonchev–Trinajstić information content (AvgIpc) is 2.57. The molecule has 1 amide bonds. The Labute approximate surface area is 100 Å². The van der Waals surface area contributed by atoms with E-state index in [0.717, 1.165) is 6.42 Å². The van der Waals surface area contributed by atoms with Crippen molar-refractivity contribution in [1.82, 2.24) is 4.90 Å². The smallest absolute Gasteiger partial charge is 0.327 e. The van der Waals surface area contributed by atoms with Gasteiger partial charge < -0.3 is 10.0 Å². The number of hydrogen-bond acceptors (Lipinski definition) is 3. The van der Waals surface area contributed by atoms with Gasteiger partial charge in [0.25, 0.3) is 0 Å². The standard InChI is InChI=1S/C11H19NO3S/c1-5-8-12(10(15)11(2,3)4)7(6-16-8)9(13)14/h7-8H,5-6H2,1-4H3,(H,13,14). The topological polar surface area (TPSA) is 57.6 Å². The molecule has 1 aliphatic rings. The molecule has 1 fully saturated rings. The van der Waals surface area contributed by atoms with E-state index in [1.54, 1.807) is 16.7 Å². The van der Waals surface area contributed by atoms with E-state index in [1.165, 1.54) is 0 Å². The summed E-state index contributed by atoms with van der Waals surface area (Å²) in [5.41, 5.74) is -0.522. The maximum absolute atomic E-state index is 12.2. The molecule has 1 heterocycles. The quantitative estimate of drug-likeness (QED) is 0.806. The minimum Gasteiger partial charge on any atom is -0.480 e. The van der Waals surface area contributed by atoms with Crippen LogP contribution in [0.4, 0.5) is 0 Å². The molecule has 0 aliphatic carbocycles. The van der Waals surface area contributed by atoms with Crippen molar-refractivity contribution in [2.24, 2.45) is 5.41 Å². The Morgan fingerprint density at radius 2 is 2.00 bits per heavy atom. The van der Waals surface area contributed by atoms with Crippen molar-refractivity contribution in [2.75, 3.05) is 5.75 Å². The van der Waals surface area contributed by atoms with Gasteiger partial charge in [-0.15, -0.1) is 11.8 Å². The van der Waals surface area contributed by atoms with Crippen LogP contribution in [-0.4, -0.2) is 39.1 Å². The van der Waals surface area contributed by atoms with E-state index in [1.807, 2.05) is 27.7 Å². The lowest BCUT2D eigenvalue weighted by Crippen LogP contribution is -2.49. The van der Waals surface area contributed by atoms with Gasteiger partial charge in [-0.2, -0.15) is 0 Å². The summed E-state index contributed by atoms with van der Waals surface area (Å²) in [6, 6.07) is -0.665. The van der Waals surface area contributed by atoms with Crippen LogP contribution in [-0.2, 0) is 9.59 Å². The summed E-state index contributed by atoms with van der Waals surface area (Å²) >= 11 is 1.56. The van der Waals surface area contributed by atoms with Crippen LogP contribution in [0.25, 0.3) is 0 Å². The lowest BCUT2D eigenvalue weighted by molar-refractivity contribution is -0.153. The Balaban J connectivity index is 2.95. The van der Waals surface area contributed by atoms with E-state index >= 15 is 0 Å². The van der Waals surface area contributed by atoms with Crippen molar-refractivity contribution >= 4 is 23.6 Å². The van der Waals surface area contributed by atoms with E-state index in [9.17, 15) is 9.59 Å².